The van der Waals surface area contributed by atoms with Crippen molar-refractivity contribution in [1.29, 1.82) is 0 Å². The molecule has 0 spiro atoms. The molecule has 2 N–H and O–H groups in total. The van der Waals surface area contributed by atoms with Gasteiger partial charge in [-0.05, 0) is 49.1 Å². The summed E-state index contributed by atoms with van der Waals surface area (Å²) in [4.78, 5) is 10.7. The van der Waals surface area contributed by atoms with Gasteiger partial charge in [0.05, 0.1) is 4.90 Å². The molecule has 6 heteroatoms. The number of aryl methyl sites for hydroxylation is 1. The highest BCUT2D eigenvalue weighted by Gasteiger charge is 2.23. The fourth-order valence-electron chi connectivity index (χ4n) is 2.49. The predicted octanol–water partition coefficient (Wildman–Crippen LogP) is 2.31. The summed E-state index contributed by atoms with van der Waals surface area (Å²) in [6, 6.07) is 4.73. The molecule has 1 saturated carbocycles. The van der Waals surface area contributed by atoms with Crippen molar-refractivity contribution in [1.82, 2.24) is 4.72 Å². The first-order valence-electron chi connectivity index (χ1n) is 6.92. The van der Waals surface area contributed by atoms with Crippen LogP contribution in [-0.4, -0.2) is 25.5 Å². The molecule has 1 aliphatic rings. The minimum atomic E-state index is -3.50. The number of carboxylic acid groups (broad SMARTS) is 1. The van der Waals surface area contributed by atoms with E-state index in [1.54, 1.807) is 19.1 Å². The van der Waals surface area contributed by atoms with E-state index in [4.69, 9.17) is 5.11 Å². The third-order valence-electron chi connectivity index (χ3n) is 3.63. The van der Waals surface area contributed by atoms with Crippen LogP contribution in [0, 0.1) is 6.92 Å². The minimum absolute atomic E-state index is 0.0295. The number of hydrogen-bond acceptors (Lipinski definition) is 3. The largest absolute Gasteiger partial charge is 0.478 e. The van der Waals surface area contributed by atoms with E-state index in [1.165, 1.54) is 12.1 Å². The van der Waals surface area contributed by atoms with E-state index in [9.17, 15) is 13.2 Å². The molecule has 0 unspecified atom stereocenters. The summed E-state index contributed by atoms with van der Waals surface area (Å²) in [7, 11) is -3.50. The van der Waals surface area contributed by atoms with Crippen molar-refractivity contribution in [2.45, 2.75) is 43.5 Å². The van der Waals surface area contributed by atoms with Gasteiger partial charge < -0.3 is 5.11 Å². The number of benzene rings is 1. The number of hydrogen-bond donors (Lipinski definition) is 2. The van der Waals surface area contributed by atoms with Gasteiger partial charge in [-0.2, -0.15) is 0 Å². The fourth-order valence-corrected chi connectivity index (χ4v) is 3.88. The lowest BCUT2D eigenvalue weighted by molar-refractivity contribution is -0.131. The Kier molecular flexibility index (Phi) is 4.80. The zero-order valence-electron chi connectivity index (χ0n) is 11.9. The van der Waals surface area contributed by atoms with Gasteiger partial charge in [-0.3, -0.25) is 0 Å². The number of carboxylic acids is 1. The Morgan fingerprint density at radius 1 is 1.33 bits per heavy atom. The molecule has 0 atom stereocenters. The summed E-state index contributed by atoms with van der Waals surface area (Å²) in [5.41, 5.74) is 1.42. The maximum atomic E-state index is 12.3. The van der Waals surface area contributed by atoms with Gasteiger partial charge in [-0.1, -0.05) is 18.9 Å². The van der Waals surface area contributed by atoms with E-state index in [2.05, 4.69) is 4.72 Å². The lowest BCUT2D eigenvalue weighted by Gasteiger charge is -2.13. The molecular weight excluding hydrogens is 290 g/mol. The maximum Gasteiger partial charge on any atom is 0.328 e. The molecular formula is C15H19NO4S. The molecule has 1 fully saturated rings. The minimum Gasteiger partial charge on any atom is -0.478 e. The van der Waals surface area contributed by atoms with Crippen molar-refractivity contribution in [3.8, 4) is 0 Å². The first kappa shape index (κ1) is 15.7. The molecule has 0 aromatic heterocycles. The van der Waals surface area contributed by atoms with Crippen LogP contribution in [0.1, 0.15) is 36.8 Å². The van der Waals surface area contributed by atoms with Crippen LogP contribution in [0.4, 0.5) is 0 Å². The number of rotatable bonds is 5. The third-order valence-corrected chi connectivity index (χ3v) is 5.15. The van der Waals surface area contributed by atoms with Gasteiger partial charge in [0.1, 0.15) is 0 Å². The van der Waals surface area contributed by atoms with Crippen LogP contribution in [0.5, 0.6) is 0 Å². The van der Waals surface area contributed by atoms with Gasteiger partial charge in [0, 0.05) is 12.1 Å². The topological polar surface area (TPSA) is 83.5 Å². The Morgan fingerprint density at radius 2 is 2.00 bits per heavy atom. The molecule has 1 aromatic rings. The number of sulfonamides is 1. The van der Waals surface area contributed by atoms with Crippen molar-refractivity contribution < 1.29 is 18.3 Å². The van der Waals surface area contributed by atoms with Crippen molar-refractivity contribution in [2.75, 3.05) is 0 Å². The van der Waals surface area contributed by atoms with Crippen molar-refractivity contribution >= 4 is 22.1 Å². The molecule has 0 radical (unpaired) electrons. The van der Waals surface area contributed by atoms with Crippen LogP contribution < -0.4 is 4.72 Å². The Hall–Kier alpha value is -1.66. The predicted molar refractivity (Wildman–Crippen MR) is 80.4 cm³/mol. The molecule has 1 aliphatic carbocycles. The first-order valence-corrected chi connectivity index (χ1v) is 8.41. The molecule has 2 rings (SSSR count). The summed E-state index contributed by atoms with van der Waals surface area (Å²) >= 11 is 0. The van der Waals surface area contributed by atoms with Gasteiger partial charge in [-0.15, -0.1) is 0 Å². The average molecular weight is 309 g/mol. The fraction of sp³-hybridized carbons (Fsp3) is 0.400. The Bertz CT molecular complexity index is 658. The van der Waals surface area contributed by atoms with Crippen molar-refractivity contribution in [3.05, 3.63) is 35.4 Å². The van der Waals surface area contributed by atoms with E-state index in [0.29, 0.717) is 5.56 Å². The van der Waals surface area contributed by atoms with Crippen LogP contribution in [0.15, 0.2) is 29.2 Å². The zero-order valence-corrected chi connectivity index (χ0v) is 12.7. The Labute approximate surface area is 124 Å². The summed E-state index contributed by atoms with van der Waals surface area (Å²) in [6.07, 6.45) is 6.39. The molecule has 0 bridgehead atoms. The smallest absolute Gasteiger partial charge is 0.328 e. The quantitative estimate of drug-likeness (QED) is 0.818. The van der Waals surface area contributed by atoms with E-state index < -0.39 is 16.0 Å². The van der Waals surface area contributed by atoms with Crippen molar-refractivity contribution in [2.24, 2.45) is 0 Å². The highest BCUT2D eigenvalue weighted by atomic mass is 32.2. The second-order valence-corrected chi connectivity index (χ2v) is 7.01. The highest BCUT2D eigenvalue weighted by Crippen LogP contribution is 2.22. The molecule has 0 saturated heterocycles. The normalized spacial score (nSPS) is 16.6. The molecule has 21 heavy (non-hydrogen) atoms. The second kappa shape index (κ2) is 6.41. The summed E-state index contributed by atoms with van der Waals surface area (Å²) < 4.78 is 27.3. The van der Waals surface area contributed by atoms with E-state index in [0.717, 1.165) is 37.3 Å². The van der Waals surface area contributed by atoms with Gasteiger partial charge in [0.25, 0.3) is 0 Å². The third kappa shape index (κ3) is 4.15. The van der Waals surface area contributed by atoms with Gasteiger partial charge in [0.2, 0.25) is 10.0 Å². The van der Waals surface area contributed by atoms with Crippen LogP contribution in [0.2, 0.25) is 0 Å². The lowest BCUT2D eigenvalue weighted by atomic mass is 10.1. The molecule has 5 nitrogen and oxygen atoms in total. The zero-order chi connectivity index (χ0) is 15.5. The maximum absolute atomic E-state index is 12.3. The SMILES string of the molecule is Cc1cc(S(=O)(=O)NC2CCCC2)ccc1C=CC(=O)O. The summed E-state index contributed by atoms with van der Waals surface area (Å²) in [5, 5.41) is 8.62. The average Bonchev–Trinajstić information content (AvgIpc) is 2.89. The molecule has 0 heterocycles. The molecule has 1 aromatic carbocycles. The van der Waals surface area contributed by atoms with Crippen LogP contribution in [-0.2, 0) is 14.8 Å². The summed E-state index contributed by atoms with van der Waals surface area (Å²) in [6.45, 7) is 1.76. The Morgan fingerprint density at radius 3 is 2.57 bits per heavy atom. The van der Waals surface area contributed by atoms with Gasteiger partial charge in [0.15, 0.2) is 0 Å². The first-order chi connectivity index (χ1) is 9.88. The monoisotopic (exact) mass is 309 g/mol. The van der Waals surface area contributed by atoms with E-state index >= 15 is 0 Å². The molecule has 0 aliphatic heterocycles. The van der Waals surface area contributed by atoms with Crippen LogP contribution in [0.3, 0.4) is 0 Å². The van der Waals surface area contributed by atoms with Crippen molar-refractivity contribution in [3.63, 3.8) is 0 Å². The van der Waals surface area contributed by atoms with Gasteiger partial charge >= 0.3 is 5.97 Å². The van der Waals surface area contributed by atoms with E-state index in [-0.39, 0.29) is 10.9 Å². The van der Waals surface area contributed by atoms with Crippen LogP contribution >= 0.6 is 0 Å². The number of nitrogens with one attached hydrogen (secondary N) is 1. The van der Waals surface area contributed by atoms with E-state index in [1.807, 2.05) is 0 Å². The second-order valence-electron chi connectivity index (χ2n) is 5.29. The lowest BCUT2D eigenvalue weighted by Crippen LogP contribution is -2.32. The molecule has 114 valence electrons. The Balaban J connectivity index is 2.20. The van der Waals surface area contributed by atoms with Gasteiger partial charge in [-0.25, -0.2) is 17.9 Å². The standard InChI is InChI=1S/C15H19NO4S/c1-11-10-14(8-6-12(11)7-9-15(17)18)21(19,20)16-13-4-2-3-5-13/h6-10,13,16H,2-5H2,1H3,(H,17,18). The number of aliphatic carboxylic acids is 1. The molecule has 0 amide bonds. The summed E-state index contributed by atoms with van der Waals surface area (Å²) in [5.74, 6) is -1.03. The van der Waals surface area contributed by atoms with Crippen LogP contribution in [0.25, 0.3) is 6.08 Å². The number of carbonyl (C=O) groups is 1. The highest BCUT2D eigenvalue weighted by molar-refractivity contribution is 7.89.